The molecule has 11 heteroatoms. The summed E-state index contributed by atoms with van der Waals surface area (Å²) in [5.41, 5.74) is 4.16. The molecule has 0 heterocycles. The lowest BCUT2D eigenvalue weighted by molar-refractivity contribution is -0.139. The number of carboxylic acids is 2. The van der Waals surface area contributed by atoms with E-state index in [-0.39, 0.29) is 40.5 Å². The van der Waals surface area contributed by atoms with Crippen LogP contribution in [0.1, 0.15) is 98.9 Å². The molecular weight excluding hydrogens is 735 g/mol. The summed E-state index contributed by atoms with van der Waals surface area (Å²) >= 11 is 0. The number of ether oxygens (including phenoxy) is 1. The molecule has 58 heavy (non-hydrogen) atoms. The molecule has 4 saturated carbocycles. The van der Waals surface area contributed by atoms with Crippen molar-refractivity contribution >= 4 is 35.3 Å². The average molecular weight is 782 g/mol. The molecule has 4 fully saturated rings. The maximum Gasteiger partial charge on any atom is 0.335 e. The zero-order valence-corrected chi connectivity index (χ0v) is 32.3. The largest absolute Gasteiger partial charge is 0.497 e. The highest BCUT2D eigenvalue weighted by Gasteiger charge is 2.56. The van der Waals surface area contributed by atoms with Gasteiger partial charge in [-0.1, -0.05) is 60.7 Å². The summed E-state index contributed by atoms with van der Waals surface area (Å²) < 4.78 is 5.33. The van der Waals surface area contributed by atoms with Gasteiger partial charge in [0.2, 0.25) is 17.7 Å². The highest BCUT2D eigenvalue weighted by Crippen LogP contribution is 2.61. The first-order chi connectivity index (χ1) is 28.0. The SMILES string of the molecule is COc1ccc(C[C@@H](NC(=O)C2C3c4ccccc4C(c4ccccc43)C2C(=O)NCC23CC4CC(CC(C4)C2)C3)C(=O)Nc2cc(C(=O)O)cc(C(=O)O)c2)cc1. The van der Waals surface area contributed by atoms with Crippen LogP contribution >= 0.6 is 0 Å². The van der Waals surface area contributed by atoms with Gasteiger partial charge in [0.25, 0.3) is 0 Å². The molecule has 2 unspecified atom stereocenters. The second-order valence-corrected chi connectivity index (χ2v) is 17.4. The molecule has 3 atom stereocenters. The summed E-state index contributed by atoms with van der Waals surface area (Å²) in [5.74, 6) is -3.66. The smallest absolute Gasteiger partial charge is 0.335 e. The third kappa shape index (κ3) is 6.80. The molecule has 7 aliphatic rings. The van der Waals surface area contributed by atoms with E-state index in [1.54, 1.807) is 31.4 Å². The number of amides is 3. The van der Waals surface area contributed by atoms with E-state index >= 15 is 4.79 Å². The number of fused-ring (bicyclic) bond motifs is 1. The highest BCUT2D eigenvalue weighted by atomic mass is 16.5. The number of methoxy groups -OCH3 is 1. The van der Waals surface area contributed by atoms with Gasteiger partial charge < -0.3 is 30.9 Å². The monoisotopic (exact) mass is 781 g/mol. The van der Waals surface area contributed by atoms with Crippen molar-refractivity contribution in [2.24, 2.45) is 35.0 Å². The minimum atomic E-state index is -1.36. The van der Waals surface area contributed by atoms with Crippen molar-refractivity contribution in [3.63, 3.8) is 0 Å². The van der Waals surface area contributed by atoms with Crippen LogP contribution in [0, 0.1) is 35.0 Å². The number of aromatic carboxylic acids is 2. The van der Waals surface area contributed by atoms with Crippen LogP contribution in [0.3, 0.4) is 0 Å². The summed E-state index contributed by atoms with van der Waals surface area (Å²) in [6, 6.07) is 25.3. The fourth-order valence-corrected chi connectivity index (χ4v) is 11.9. The van der Waals surface area contributed by atoms with Crippen LogP contribution in [0.4, 0.5) is 5.69 Å². The Bertz CT molecular complexity index is 2210. The van der Waals surface area contributed by atoms with Crippen molar-refractivity contribution in [2.45, 2.75) is 62.8 Å². The first kappa shape index (κ1) is 37.6. The minimum Gasteiger partial charge on any atom is -0.497 e. The zero-order valence-electron chi connectivity index (χ0n) is 32.3. The van der Waals surface area contributed by atoms with E-state index in [4.69, 9.17) is 4.74 Å². The lowest BCUT2D eigenvalue weighted by atomic mass is 9.49. The maximum atomic E-state index is 15.1. The fourth-order valence-electron chi connectivity index (χ4n) is 11.9. The molecule has 0 aromatic heterocycles. The molecule has 6 bridgehead atoms. The predicted molar refractivity (Wildman–Crippen MR) is 215 cm³/mol. The minimum absolute atomic E-state index is 0.0437. The van der Waals surface area contributed by atoms with Crippen LogP contribution in [-0.2, 0) is 20.8 Å². The van der Waals surface area contributed by atoms with Crippen molar-refractivity contribution < 1.29 is 38.9 Å². The lowest BCUT2D eigenvalue weighted by Crippen LogP contribution is -2.57. The molecule has 7 aliphatic carbocycles. The number of carboxylic acid groups (broad SMARTS) is 2. The van der Waals surface area contributed by atoms with Crippen molar-refractivity contribution in [1.29, 1.82) is 0 Å². The van der Waals surface area contributed by atoms with Gasteiger partial charge in [-0.25, -0.2) is 9.59 Å². The molecule has 5 N–H and O–H groups in total. The van der Waals surface area contributed by atoms with Gasteiger partial charge in [-0.2, -0.15) is 0 Å². The Morgan fingerprint density at radius 2 is 1.17 bits per heavy atom. The number of carbonyl (C=O) groups is 5. The topological polar surface area (TPSA) is 171 Å². The van der Waals surface area contributed by atoms with Crippen molar-refractivity contribution in [3.8, 4) is 5.75 Å². The Morgan fingerprint density at radius 1 is 0.690 bits per heavy atom. The second-order valence-electron chi connectivity index (χ2n) is 17.4. The number of nitrogens with one attached hydrogen (secondary N) is 3. The standard InChI is InChI=1S/C47H47N3O8/c1-58-32-12-10-25(11-13-32)17-37(42(51)49-31-19-29(45(54)55)18-30(20-31)46(56)57)50-44(53)41-39-35-8-4-2-6-33(35)38(34-7-3-5-9-36(34)39)40(41)43(52)48-24-47-21-26-14-27(22-47)16-28(15-26)23-47/h2-13,18-20,26-28,37-41H,14-17,21-24H2,1H3,(H,48,52)(H,49,51)(H,50,53)(H,54,55)(H,56,57)/t26?,27?,28?,37-,38?,39?,40?,41?,47?/m1/s1. The third-order valence-corrected chi connectivity index (χ3v) is 13.8. The van der Waals surface area contributed by atoms with E-state index in [2.05, 4.69) is 28.1 Å². The first-order valence-corrected chi connectivity index (χ1v) is 20.3. The Labute approximate surface area is 336 Å². The maximum absolute atomic E-state index is 15.1. The molecule has 0 radical (unpaired) electrons. The van der Waals surface area contributed by atoms with Gasteiger partial charge in [-0.15, -0.1) is 0 Å². The number of anilines is 1. The summed E-state index contributed by atoms with van der Waals surface area (Å²) in [5, 5.41) is 28.5. The van der Waals surface area contributed by atoms with Gasteiger partial charge in [0, 0.05) is 30.5 Å². The van der Waals surface area contributed by atoms with Crippen molar-refractivity contribution in [2.75, 3.05) is 19.0 Å². The van der Waals surface area contributed by atoms with E-state index in [1.165, 1.54) is 31.4 Å². The number of rotatable bonds is 12. The molecular formula is C47H47N3O8. The van der Waals surface area contributed by atoms with Crippen LogP contribution in [0.2, 0.25) is 0 Å². The summed E-state index contributed by atoms with van der Waals surface area (Å²) in [7, 11) is 1.55. The van der Waals surface area contributed by atoms with Crippen LogP contribution in [-0.4, -0.2) is 59.6 Å². The molecule has 0 spiro atoms. The van der Waals surface area contributed by atoms with E-state index in [1.807, 2.05) is 36.4 Å². The molecule has 0 saturated heterocycles. The summed E-state index contributed by atoms with van der Waals surface area (Å²) in [6.45, 7) is 0.594. The van der Waals surface area contributed by atoms with Gasteiger partial charge in [-0.3, -0.25) is 14.4 Å². The van der Waals surface area contributed by atoms with Gasteiger partial charge in [0.1, 0.15) is 11.8 Å². The number of carbonyl (C=O) groups excluding carboxylic acids is 3. The summed E-state index contributed by atoms with van der Waals surface area (Å²) in [6.07, 6.45) is 7.35. The Morgan fingerprint density at radius 3 is 1.64 bits per heavy atom. The van der Waals surface area contributed by atoms with Crippen LogP contribution in [0.15, 0.2) is 91.0 Å². The Kier molecular flexibility index (Phi) is 9.57. The van der Waals surface area contributed by atoms with E-state index < -0.39 is 47.5 Å². The van der Waals surface area contributed by atoms with Gasteiger partial charge in [0.15, 0.2) is 0 Å². The number of benzene rings is 4. The molecule has 4 aromatic rings. The number of hydrogen-bond donors (Lipinski definition) is 5. The molecule has 4 aromatic carbocycles. The van der Waals surface area contributed by atoms with Crippen LogP contribution < -0.4 is 20.7 Å². The predicted octanol–water partition coefficient (Wildman–Crippen LogP) is 6.61. The molecule has 11 nitrogen and oxygen atoms in total. The van der Waals surface area contributed by atoms with E-state index in [0.717, 1.165) is 65.3 Å². The third-order valence-electron chi connectivity index (χ3n) is 13.8. The van der Waals surface area contributed by atoms with Crippen molar-refractivity contribution in [1.82, 2.24) is 10.6 Å². The van der Waals surface area contributed by atoms with Gasteiger partial charge >= 0.3 is 11.9 Å². The highest BCUT2D eigenvalue weighted by molar-refractivity contribution is 6.02. The summed E-state index contributed by atoms with van der Waals surface area (Å²) in [4.78, 5) is 68.1. The normalized spacial score (nSPS) is 27.4. The Balaban J connectivity index is 1.06. The van der Waals surface area contributed by atoms with Gasteiger partial charge in [0.05, 0.1) is 30.1 Å². The first-order valence-electron chi connectivity index (χ1n) is 20.3. The average Bonchev–Trinajstić information content (AvgIpc) is 3.21. The molecule has 298 valence electrons. The van der Waals surface area contributed by atoms with Crippen LogP contribution in [0.5, 0.6) is 5.75 Å². The zero-order chi connectivity index (χ0) is 40.3. The van der Waals surface area contributed by atoms with Crippen molar-refractivity contribution in [3.05, 3.63) is 130 Å². The van der Waals surface area contributed by atoms with E-state index in [9.17, 15) is 29.4 Å². The Hall–Kier alpha value is -5.97. The molecule has 0 aliphatic heterocycles. The second kappa shape index (κ2) is 14.8. The number of hydrogen-bond acceptors (Lipinski definition) is 6. The van der Waals surface area contributed by atoms with E-state index in [0.29, 0.717) is 17.9 Å². The fraction of sp³-hybridized carbons (Fsp3) is 0.383. The molecule has 11 rings (SSSR count). The quantitative estimate of drug-likeness (QED) is 0.107. The van der Waals surface area contributed by atoms with Gasteiger partial charge in [-0.05, 0) is 120 Å². The van der Waals surface area contributed by atoms with Crippen LogP contribution in [0.25, 0.3) is 0 Å². The molecule has 3 amide bonds. The lowest BCUT2D eigenvalue weighted by Gasteiger charge is -2.57.